The minimum absolute atomic E-state index is 0.0226. The van der Waals surface area contributed by atoms with Gasteiger partial charge in [0.1, 0.15) is 12.1 Å². The highest BCUT2D eigenvalue weighted by molar-refractivity contribution is 5.68. The lowest BCUT2D eigenvalue weighted by Crippen LogP contribution is -2.57. The van der Waals surface area contributed by atoms with Gasteiger partial charge in [-0.05, 0) is 13.1 Å². The molecule has 8 heteroatoms. The molecular formula is C15H23NO7. The van der Waals surface area contributed by atoms with E-state index in [9.17, 15) is 14.4 Å². The van der Waals surface area contributed by atoms with Gasteiger partial charge in [0.05, 0.1) is 12.7 Å². The fourth-order valence-electron chi connectivity index (χ4n) is 2.77. The van der Waals surface area contributed by atoms with Crippen LogP contribution in [0.2, 0.25) is 0 Å². The van der Waals surface area contributed by atoms with Gasteiger partial charge in [-0.1, -0.05) is 0 Å². The van der Waals surface area contributed by atoms with Crippen LogP contribution in [0.15, 0.2) is 4.99 Å². The Kier molecular flexibility index (Phi) is 7.15. The van der Waals surface area contributed by atoms with E-state index in [-0.39, 0.29) is 12.5 Å². The molecule has 130 valence electrons. The molecule has 23 heavy (non-hydrogen) atoms. The Morgan fingerprint density at radius 2 is 1.61 bits per heavy atom. The van der Waals surface area contributed by atoms with Gasteiger partial charge in [-0.3, -0.25) is 19.4 Å². The van der Waals surface area contributed by atoms with E-state index in [0.29, 0.717) is 6.42 Å². The molecule has 0 aromatic carbocycles. The van der Waals surface area contributed by atoms with Crippen molar-refractivity contribution in [1.82, 2.24) is 0 Å². The van der Waals surface area contributed by atoms with Gasteiger partial charge in [-0.15, -0.1) is 0 Å². The van der Waals surface area contributed by atoms with Crippen molar-refractivity contribution >= 4 is 24.6 Å². The number of ether oxygens (including phenoxy) is 4. The molecule has 0 spiro atoms. The normalized spacial score (nSPS) is 30.2. The van der Waals surface area contributed by atoms with Crippen molar-refractivity contribution in [3.63, 3.8) is 0 Å². The Morgan fingerprint density at radius 1 is 1.04 bits per heavy atom. The maximum atomic E-state index is 11.4. The van der Waals surface area contributed by atoms with E-state index in [1.807, 2.05) is 0 Å². The largest absolute Gasteiger partial charge is 0.465 e. The highest BCUT2D eigenvalue weighted by Crippen LogP contribution is 2.33. The summed E-state index contributed by atoms with van der Waals surface area (Å²) < 4.78 is 21.1. The zero-order valence-corrected chi connectivity index (χ0v) is 13.8. The van der Waals surface area contributed by atoms with Crippen LogP contribution in [-0.4, -0.2) is 62.7 Å². The molecular weight excluding hydrogens is 306 g/mol. The fraction of sp³-hybridized carbons (Fsp3) is 0.733. The average Bonchev–Trinajstić information content (AvgIpc) is 2.45. The van der Waals surface area contributed by atoms with Crippen molar-refractivity contribution in [1.29, 1.82) is 0 Å². The first kappa shape index (κ1) is 19.1. The topological polar surface area (TPSA) is 100 Å². The van der Waals surface area contributed by atoms with Gasteiger partial charge in [-0.25, -0.2) is 0 Å². The number of hydrogen-bond acceptors (Lipinski definition) is 8. The van der Waals surface area contributed by atoms with E-state index in [4.69, 9.17) is 18.9 Å². The van der Waals surface area contributed by atoms with Crippen molar-refractivity contribution in [2.24, 2.45) is 10.9 Å². The number of rotatable bonds is 6. The van der Waals surface area contributed by atoms with E-state index < -0.39 is 42.3 Å². The highest BCUT2D eigenvalue weighted by Gasteiger charge is 2.49. The molecule has 0 aliphatic heterocycles. The van der Waals surface area contributed by atoms with Crippen molar-refractivity contribution in [2.75, 3.05) is 13.7 Å². The van der Waals surface area contributed by atoms with Gasteiger partial charge < -0.3 is 18.9 Å². The molecule has 0 bridgehead atoms. The first-order chi connectivity index (χ1) is 10.8. The molecule has 5 atom stereocenters. The van der Waals surface area contributed by atoms with Crippen LogP contribution in [0.3, 0.4) is 0 Å². The molecule has 1 saturated carbocycles. The number of carbonyl (C=O) groups is 3. The summed E-state index contributed by atoms with van der Waals surface area (Å²) in [5.41, 5.74) is 0. The van der Waals surface area contributed by atoms with Crippen molar-refractivity contribution < 1.29 is 33.3 Å². The third-order valence-corrected chi connectivity index (χ3v) is 3.66. The Labute approximate surface area is 135 Å². The Hall–Kier alpha value is -1.96. The van der Waals surface area contributed by atoms with E-state index in [0.717, 1.165) is 0 Å². The van der Waals surface area contributed by atoms with Crippen LogP contribution in [0.4, 0.5) is 0 Å². The summed E-state index contributed by atoms with van der Waals surface area (Å²) in [6, 6.07) is -0.582. The summed E-state index contributed by atoms with van der Waals surface area (Å²) in [6.45, 7) is 7.32. The Balaban J connectivity index is 3.10. The van der Waals surface area contributed by atoms with E-state index >= 15 is 0 Å². The molecule has 1 aliphatic carbocycles. The Morgan fingerprint density at radius 3 is 2.04 bits per heavy atom. The minimum Gasteiger partial charge on any atom is -0.465 e. The second-order valence-electron chi connectivity index (χ2n) is 5.39. The fourth-order valence-corrected chi connectivity index (χ4v) is 2.77. The van der Waals surface area contributed by atoms with Crippen LogP contribution in [0.25, 0.3) is 0 Å². The van der Waals surface area contributed by atoms with Gasteiger partial charge in [0, 0.05) is 33.8 Å². The highest BCUT2D eigenvalue weighted by atomic mass is 16.6. The van der Waals surface area contributed by atoms with Crippen LogP contribution in [-0.2, 0) is 33.3 Å². The number of hydrogen-bond donors (Lipinski definition) is 0. The molecule has 0 aromatic rings. The van der Waals surface area contributed by atoms with E-state index in [1.54, 1.807) is 0 Å². The lowest BCUT2D eigenvalue weighted by Gasteiger charge is -2.43. The first-order valence-electron chi connectivity index (χ1n) is 7.26. The molecule has 0 saturated heterocycles. The summed E-state index contributed by atoms with van der Waals surface area (Å²) >= 11 is 0. The standard InChI is InChI=1S/C15H23NO7/c1-8(17)21-7-11-6-12(20-5)13(16-4)15(23-10(3)19)14(11)22-9(2)18/h11-15H,4,6-7H2,1-3,5H3/t11?,12-,13?,14-,15?/m0/s1. The second kappa shape index (κ2) is 8.61. The average molecular weight is 329 g/mol. The zero-order chi connectivity index (χ0) is 17.6. The molecule has 0 amide bonds. The monoisotopic (exact) mass is 329 g/mol. The summed E-state index contributed by atoms with van der Waals surface area (Å²) in [6.07, 6.45) is -1.63. The summed E-state index contributed by atoms with van der Waals surface area (Å²) in [4.78, 5) is 37.9. The number of carbonyl (C=O) groups excluding carboxylic acids is 3. The van der Waals surface area contributed by atoms with Crippen molar-refractivity contribution in [2.45, 2.75) is 51.5 Å². The van der Waals surface area contributed by atoms with E-state index in [1.165, 1.54) is 27.9 Å². The molecule has 1 rings (SSSR count). The lowest BCUT2D eigenvalue weighted by atomic mass is 9.79. The van der Waals surface area contributed by atoms with Crippen molar-refractivity contribution in [3.8, 4) is 0 Å². The van der Waals surface area contributed by atoms with Crippen LogP contribution < -0.4 is 0 Å². The maximum absolute atomic E-state index is 11.4. The predicted molar refractivity (Wildman–Crippen MR) is 80.0 cm³/mol. The molecule has 0 aromatic heterocycles. The van der Waals surface area contributed by atoms with E-state index in [2.05, 4.69) is 11.7 Å². The van der Waals surface area contributed by atoms with Crippen LogP contribution in [0.1, 0.15) is 27.2 Å². The second-order valence-corrected chi connectivity index (χ2v) is 5.39. The SMILES string of the molecule is C=NC1C(OC(C)=O)[C@@H](OC(C)=O)C(COC(C)=O)C[C@@H]1OC. The number of nitrogens with zero attached hydrogens (tertiary/aromatic N) is 1. The van der Waals surface area contributed by atoms with Crippen LogP contribution >= 0.6 is 0 Å². The molecule has 0 N–H and O–H groups in total. The zero-order valence-electron chi connectivity index (χ0n) is 13.8. The van der Waals surface area contributed by atoms with Crippen LogP contribution in [0, 0.1) is 5.92 Å². The number of esters is 3. The van der Waals surface area contributed by atoms with Crippen LogP contribution in [0.5, 0.6) is 0 Å². The van der Waals surface area contributed by atoms with Gasteiger partial charge in [0.2, 0.25) is 0 Å². The van der Waals surface area contributed by atoms with Gasteiger partial charge in [-0.2, -0.15) is 0 Å². The summed E-state index contributed by atoms with van der Waals surface area (Å²) in [5.74, 6) is -1.90. The lowest BCUT2D eigenvalue weighted by molar-refractivity contribution is -0.188. The molecule has 0 heterocycles. The minimum atomic E-state index is -0.854. The predicted octanol–water partition coefficient (Wildman–Crippen LogP) is 0.517. The van der Waals surface area contributed by atoms with Gasteiger partial charge in [0.15, 0.2) is 6.10 Å². The van der Waals surface area contributed by atoms with Gasteiger partial charge in [0.25, 0.3) is 0 Å². The molecule has 3 unspecified atom stereocenters. The number of methoxy groups -OCH3 is 1. The Bertz CT molecular complexity index is 465. The molecule has 8 nitrogen and oxygen atoms in total. The smallest absolute Gasteiger partial charge is 0.303 e. The summed E-state index contributed by atoms with van der Waals surface area (Å²) in [7, 11) is 1.50. The first-order valence-corrected chi connectivity index (χ1v) is 7.26. The molecule has 1 fully saturated rings. The third kappa shape index (κ3) is 5.31. The maximum Gasteiger partial charge on any atom is 0.303 e. The quantitative estimate of drug-likeness (QED) is 0.398. The molecule has 0 radical (unpaired) electrons. The van der Waals surface area contributed by atoms with Gasteiger partial charge >= 0.3 is 17.9 Å². The molecule has 1 aliphatic rings. The third-order valence-electron chi connectivity index (χ3n) is 3.66. The van der Waals surface area contributed by atoms with Crippen molar-refractivity contribution in [3.05, 3.63) is 0 Å². The summed E-state index contributed by atoms with van der Waals surface area (Å²) in [5, 5.41) is 0. The number of aliphatic imine (C=N–C) groups is 1.